The average molecular weight is 211 g/mol. The van der Waals surface area contributed by atoms with Crippen molar-refractivity contribution in [3.05, 3.63) is 47.5 Å². The lowest BCUT2D eigenvalue weighted by molar-refractivity contribution is -0.116. The summed E-state index contributed by atoms with van der Waals surface area (Å²) in [7, 11) is 0. The minimum absolute atomic E-state index is 0.109. The molecule has 80 valence electrons. The van der Waals surface area contributed by atoms with Gasteiger partial charge in [0, 0.05) is 12.6 Å². The summed E-state index contributed by atoms with van der Waals surface area (Å²) in [5.41, 5.74) is 0.394. The van der Waals surface area contributed by atoms with Gasteiger partial charge in [0.05, 0.1) is 0 Å². The Kier molecular flexibility index (Phi) is 3.97. The number of benzene rings is 1. The van der Waals surface area contributed by atoms with Crippen molar-refractivity contribution >= 4 is 5.91 Å². The zero-order valence-corrected chi connectivity index (χ0v) is 8.26. The van der Waals surface area contributed by atoms with Crippen LogP contribution < -0.4 is 5.32 Å². The van der Waals surface area contributed by atoms with E-state index >= 15 is 0 Å². The van der Waals surface area contributed by atoms with Crippen molar-refractivity contribution < 1.29 is 13.6 Å². The minimum Gasteiger partial charge on any atom is -0.348 e. The Bertz CT molecular complexity index is 368. The van der Waals surface area contributed by atoms with Crippen molar-refractivity contribution in [2.45, 2.75) is 13.5 Å². The van der Waals surface area contributed by atoms with Gasteiger partial charge in [-0.1, -0.05) is 6.08 Å². The molecule has 1 N–H and O–H groups in total. The van der Waals surface area contributed by atoms with Crippen LogP contribution in [0, 0.1) is 11.6 Å². The number of nitrogens with one attached hydrogen (secondary N) is 1. The molecule has 0 unspecified atom stereocenters. The normalized spacial score (nSPS) is 10.6. The van der Waals surface area contributed by atoms with Crippen LogP contribution in [0.1, 0.15) is 12.5 Å². The summed E-state index contributed by atoms with van der Waals surface area (Å²) in [6, 6.07) is 3.15. The van der Waals surface area contributed by atoms with Crippen LogP contribution in [0.3, 0.4) is 0 Å². The highest BCUT2D eigenvalue weighted by atomic mass is 19.1. The molecule has 0 spiro atoms. The van der Waals surface area contributed by atoms with Gasteiger partial charge >= 0.3 is 0 Å². The van der Waals surface area contributed by atoms with Crippen LogP contribution in [0.5, 0.6) is 0 Å². The molecule has 0 saturated heterocycles. The summed E-state index contributed by atoms with van der Waals surface area (Å²) in [4.78, 5) is 11.0. The highest BCUT2D eigenvalue weighted by Gasteiger charge is 2.01. The maximum Gasteiger partial charge on any atom is 0.243 e. The molecule has 0 atom stereocenters. The number of amides is 1. The summed E-state index contributed by atoms with van der Waals surface area (Å²) >= 11 is 0. The summed E-state index contributed by atoms with van der Waals surface area (Å²) in [6.07, 6.45) is 2.93. The van der Waals surface area contributed by atoms with Gasteiger partial charge < -0.3 is 5.32 Å². The highest BCUT2D eigenvalue weighted by Crippen LogP contribution is 2.07. The number of hydrogen-bond acceptors (Lipinski definition) is 1. The van der Waals surface area contributed by atoms with Gasteiger partial charge in [-0.2, -0.15) is 0 Å². The molecule has 1 amide bonds. The Morgan fingerprint density at radius 2 is 1.93 bits per heavy atom. The molecular formula is C11H11F2NO. The van der Waals surface area contributed by atoms with E-state index in [-0.39, 0.29) is 12.5 Å². The fourth-order valence-corrected chi connectivity index (χ4v) is 1.11. The van der Waals surface area contributed by atoms with Gasteiger partial charge in [0.2, 0.25) is 5.91 Å². The molecule has 1 aromatic carbocycles. The van der Waals surface area contributed by atoms with E-state index in [4.69, 9.17) is 0 Å². The van der Waals surface area contributed by atoms with Gasteiger partial charge in [-0.25, -0.2) is 8.78 Å². The topological polar surface area (TPSA) is 29.1 Å². The molecule has 0 radical (unpaired) electrons. The van der Waals surface area contributed by atoms with Gasteiger partial charge in [0.1, 0.15) is 11.6 Å². The summed E-state index contributed by atoms with van der Waals surface area (Å²) in [5.74, 6) is -1.59. The highest BCUT2D eigenvalue weighted by molar-refractivity contribution is 5.87. The van der Waals surface area contributed by atoms with E-state index in [1.165, 1.54) is 18.2 Å². The lowest BCUT2D eigenvalue weighted by Crippen LogP contribution is -2.20. The Morgan fingerprint density at radius 3 is 2.47 bits per heavy atom. The molecule has 1 rings (SSSR count). The third-order valence-corrected chi connectivity index (χ3v) is 1.71. The molecule has 0 fully saturated rings. The molecule has 0 heterocycles. The zero-order valence-electron chi connectivity index (χ0n) is 8.26. The average Bonchev–Trinajstić information content (AvgIpc) is 2.14. The largest absolute Gasteiger partial charge is 0.348 e. The van der Waals surface area contributed by atoms with E-state index in [9.17, 15) is 13.6 Å². The monoisotopic (exact) mass is 211 g/mol. The van der Waals surface area contributed by atoms with E-state index in [0.29, 0.717) is 5.56 Å². The van der Waals surface area contributed by atoms with Gasteiger partial charge in [0.15, 0.2) is 0 Å². The van der Waals surface area contributed by atoms with Gasteiger partial charge in [0.25, 0.3) is 0 Å². The van der Waals surface area contributed by atoms with Crippen molar-refractivity contribution in [3.8, 4) is 0 Å². The second-order valence-corrected chi connectivity index (χ2v) is 3.00. The molecule has 2 nitrogen and oxygen atoms in total. The Labute approximate surface area is 86.6 Å². The lowest BCUT2D eigenvalue weighted by Gasteiger charge is -2.02. The van der Waals surface area contributed by atoms with E-state index in [2.05, 4.69) is 5.32 Å². The van der Waals surface area contributed by atoms with Crippen molar-refractivity contribution in [2.75, 3.05) is 0 Å². The van der Waals surface area contributed by atoms with Crippen LogP contribution in [0.4, 0.5) is 8.78 Å². The smallest absolute Gasteiger partial charge is 0.243 e. The molecule has 0 bridgehead atoms. The van der Waals surface area contributed by atoms with Crippen molar-refractivity contribution in [2.24, 2.45) is 0 Å². The quantitative estimate of drug-likeness (QED) is 0.762. The first-order chi connectivity index (χ1) is 7.11. The number of hydrogen-bond donors (Lipinski definition) is 1. The molecule has 0 aliphatic carbocycles. The number of rotatable bonds is 3. The molecule has 0 aliphatic heterocycles. The third kappa shape index (κ3) is 3.89. The first-order valence-corrected chi connectivity index (χ1v) is 4.47. The lowest BCUT2D eigenvalue weighted by atomic mass is 10.2. The van der Waals surface area contributed by atoms with E-state index in [0.717, 1.165) is 6.07 Å². The summed E-state index contributed by atoms with van der Waals surface area (Å²) < 4.78 is 25.5. The summed E-state index contributed by atoms with van der Waals surface area (Å²) in [5, 5.41) is 2.50. The summed E-state index contributed by atoms with van der Waals surface area (Å²) in [6.45, 7) is 1.82. The molecular weight excluding hydrogens is 200 g/mol. The third-order valence-electron chi connectivity index (χ3n) is 1.71. The fourth-order valence-electron chi connectivity index (χ4n) is 1.11. The van der Waals surface area contributed by atoms with E-state index in [1.54, 1.807) is 13.0 Å². The van der Waals surface area contributed by atoms with Crippen LogP contribution in [0.25, 0.3) is 0 Å². The second-order valence-electron chi connectivity index (χ2n) is 3.00. The van der Waals surface area contributed by atoms with E-state index in [1.807, 2.05) is 0 Å². The van der Waals surface area contributed by atoms with Crippen LogP contribution in [-0.2, 0) is 11.3 Å². The second kappa shape index (κ2) is 5.24. The molecule has 0 saturated carbocycles. The first-order valence-electron chi connectivity index (χ1n) is 4.47. The number of carbonyl (C=O) groups is 1. The van der Waals surface area contributed by atoms with Crippen LogP contribution in [0.15, 0.2) is 30.4 Å². The number of halogens is 2. The Morgan fingerprint density at radius 1 is 1.33 bits per heavy atom. The standard InChI is InChI=1S/C11H11F2NO/c1-2-3-11(15)14-7-8-4-9(12)6-10(13)5-8/h2-6H,7H2,1H3,(H,14,15)/b3-2+. The van der Waals surface area contributed by atoms with Crippen molar-refractivity contribution in [3.63, 3.8) is 0 Å². The minimum atomic E-state index is -0.648. The molecule has 15 heavy (non-hydrogen) atoms. The van der Waals surface area contributed by atoms with Crippen molar-refractivity contribution in [1.29, 1.82) is 0 Å². The molecule has 1 aromatic rings. The molecule has 0 aromatic heterocycles. The van der Waals surface area contributed by atoms with Crippen LogP contribution in [0.2, 0.25) is 0 Å². The number of allylic oxidation sites excluding steroid dienone is 1. The van der Waals surface area contributed by atoms with Crippen LogP contribution >= 0.6 is 0 Å². The van der Waals surface area contributed by atoms with Gasteiger partial charge in [-0.05, 0) is 30.7 Å². The van der Waals surface area contributed by atoms with Crippen molar-refractivity contribution in [1.82, 2.24) is 5.32 Å². The predicted molar refractivity (Wildman–Crippen MR) is 53.0 cm³/mol. The van der Waals surface area contributed by atoms with Gasteiger partial charge in [-0.15, -0.1) is 0 Å². The molecule has 0 aliphatic rings. The fraction of sp³-hybridized carbons (Fsp3) is 0.182. The SMILES string of the molecule is C/C=C/C(=O)NCc1cc(F)cc(F)c1. The number of carbonyl (C=O) groups excluding carboxylic acids is 1. The first kappa shape index (κ1) is 11.4. The predicted octanol–water partition coefficient (Wildman–Crippen LogP) is 2.16. The zero-order chi connectivity index (χ0) is 11.3. The Hall–Kier alpha value is -1.71. The van der Waals surface area contributed by atoms with E-state index < -0.39 is 11.6 Å². The Balaban J connectivity index is 2.61. The molecule has 4 heteroatoms. The van der Waals surface area contributed by atoms with Crippen LogP contribution in [-0.4, -0.2) is 5.91 Å². The van der Waals surface area contributed by atoms with Gasteiger partial charge in [-0.3, -0.25) is 4.79 Å². The maximum absolute atomic E-state index is 12.7. The maximum atomic E-state index is 12.7.